The van der Waals surface area contributed by atoms with Crippen LogP contribution in [0.25, 0.3) is 0 Å². The quantitative estimate of drug-likeness (QED) is 0.801. The number of amides is 1. The molecule has 0 unspecified atom stereocenters. The Bertz CT molecular complexity index is 456. The zero-order valence-electron chi connectivity index (χ0n) is 10.5. The van der Waals surface area contributed by atoms with Gasteiger partial charge in [0.25, 0.3) is 5.91 Å². The van der Waals surface area contributed by atoms with Gasteiger partial charge in [0.15, 0.2) is 0 Å². The third-order valence-corrected chi connectivity index (χ3v) is 3.15. The standard InChI is InChI=1S/C14H17NO3/c1-18-13-6-2-4-11(10-13)14(17)15-8-3-5-12(16)7-9-15/h2,4,6,10H,3,5,7-9H2,1H3. The molecule has 1 heterocycles. The highest BCUT2D eigenvalue weighted by molar-refractivity contribution is 5.95. The molecule has 0 bridgehead atoms. The van der Waals surface area contributed by atoms with Crippen molar-refractivity contribution in [2.45, 2.75) is 19.3 Å². The Kier molecular flexibility index (Phi) is 3.97. The van der Waals surface area contributed by atoms with E-state index in [-0.39, 0.29) is 11.7 Å². The first-order chi connectivity index (χ1) is 8.70. The van der Waals surface area contributed by atoms with Crippen LogP contribution in [0.2, 0.25) is 0 Å². The maximum Gasteiger partial charge on any atom is 0.254 e. The van der Waals surface area contributed by atoms with Crippen molar-refractivity contribution < 1.29 is 14.3 Å². The predicted molar refractivity (Wildman–Crippen MR) is 67.8 cm³/mol. The van der Waals surface area contributed by atoms with Crippen LogP contribution in [-0.4, -0.2) is 36.8 Å². The van der Waals surface area contributed by atoms with Gasteiger partial charge >= 0.3 is 0 Å². The van der Waals surface area contributed by atoms with Crippen molar-refractivity contribution in [3.8, 4) is 5.75 Å². The lowest BCUT2D eigenvalue weighted by atomic mass is 10.2. The summed E-state index contributed by atoms with van der Waals surface area (Å²) in [7, 11) is 1.58. The predicted octanol–water partition coefficient (Wildman–Crippen LogP) is 1.89. The Labute approximate surface area is 107 Å². The largest absolute Gasteiger partial charge is 0.497 e. The number of nitrogens with zero attached hydrogens (tertiary/aromatic N) is 1. The van der Waals surface area contributed by atoms with Gasteiger partial charge in [-0.05, 0) is 24.6 Å². The maximum absolute atomic E-state index is 12.3. The van der Waals surface area contributed by atoms with E-state index in [0.29, 0.717) is 37.2 Å². The van der Waals surface area contributed by atoms with Crippen molar-refractivity contribution in [3.05, 3.63) is 29.8 Å². The van der Waals surface area contributed by atoms with Crippen LogP contribution in [0.3, 0.4) is 0 Å². The van der Waals surface area contributed by atoms with Crippen LogP contribution < -0.4 is 4.74 Å². The van der Waals surface area contributed by atoms with Crippen molar-refractivity contribution in [2.24, 2.45) is 0 Å². The monoisotopic (exact) mass is 247 g/mol. The molecule has 0 atom stereocenters. The lowest BCUT2D eigenvalue weighted by molar-refractivity contribution is -0.118. The molecule has 1 aliphatic heterocycles. The number of ketones is 1. The van der Waals surface area contributed by atoms with Gasteiger partial charge in [0, 0.05) is 31.5 Å². The van der Waals surface area contributed by atoms with Gasteiger partial charge in [0.1, 0.15) is 11.5 Å². The smallest absolute Gasteiger partial charge is 0.254 e. The Morgan fingerprint density at radius 3 is 2.89 bits per heavy atom. The van der Waals surface area contributed by atoms with Crippen molar-refractivity contribution in [1.82, 2.24) is 4.90 Å². The molecule has 2 rings (SSSR count). The zero-order valence-corrected chi connectivity index (χ0v) is 10.5. The van der Waals surface area contributed by atoms with E-state index < -0.39 is 0 Å². The average Bonchev–Trinajstić information content (AvgIpc) is 2.63. The highest BCUT2D eigenvalue weighted by Crippen LogP contribution is 2.16. The summed E-state index contributed by atoms with van der Waals surface area (Å²) in [4.78, 5) is 25.4. The first-order valence-corrected chi connectivity index (χ1v) is 6.16. The molecule has 1 aliphatic rings. The van der Waals surface area contributed by atoms with Crippen LogP contribution in [0, 0.1) is 0 Å². The molecule has 1 aromatic carbocycles. The summed E-state index contributed by atoms with van der Waals surface area (Å²) in [5.41, 5.74) is 0.615. The number of methoxy groups -OCH3 is 1. The fraction of sp³-hybridized carbons (Fsp3) is 0.429. The molecular weight excluding hydrogens is 230 g/mol. The minimum atomic E-state index is -0.0244. The normalized spacial score (nSPS) is 16.3. The molecular formula is C14H17NO3. The number of hydrogen-bond acceptors (Lipinski definition) is 3. The molecule has 4 heteroatoms. The van der Waals surface area contributed by atoms with E-state index in [4.69, 9.17) is 4.74 Å². The highest BCUT2D eigenvalue weighted by atomic mass is 16.5. The topological polar surface area (TPSA) is 46.6 Å². The molecule has 0 N–H and O–H groups in total. The average molecular weight is 247 g/mol. The van der Waals surface area contributed by atoms with Crippen LogP contribution in [0.1, 0.15) is 29.6 Å². The molecule has 4 nitrogen and oxygen atoms in total. The van der Waals surface area contributed by atoms with E-state index in [2.05, 4.69) is 0 Å². The zero-order chi connectivity index (χ0) is 13.0. The van der Waals surface area contributed by atoms with Gasteiger partial charge in [-0.3, -0.25) is 9.59 Å². The van der Waals surface area contributed by atoms with E-state index in [1.54, 1.807) is 30.2 Å². The van der Waals surface area contributed by atoms with E-state index in [0.717, 1.165) is 6.42 Å². The second-order valence-corrected chi connectivity index (χ2v) is 4.42. The van der Waals surface area contributed by atoms with Gasteiger partial charge in [-0.25, -0.2) is 0 Å². The van der Waals surface area contributed by atoms with Crippen LogP contribution in [0.5, 0.6) is 5.75 Å². The molecule has 1 amide bonds. The molecule has 18 heavy (non-hydrogen) atoms. The summed E-state index contributed by atoms with van der Waals surface area (Å²) in [6, 6.07) is 7.12. The van der Waals surface area contributed by atoms with Crippen molar-refractivity contribution >= 4 is 11.7 Å². The van der Waals surface area contributed by atoms with E-state index in [9.17, 15) is 9.59 Å². The van der Waals surface area contributed by atoms with Gasteiger partial charge < -0.3 is 9.64 Å². The Hall–Kier alpha value is -1.84. The summed E-state index contributed by atoms with van der Waals surface area (Å²) in [6.07, 6.45) is 1.81. The summed E-state index contributed by atoms with van der Waals surface area (Å²) in [5.74, 6) is 0.895. The molecule has 96 valence electrons. The Balaban J connectivity index is 2.12. The molecule has 1 fully saturated rings. The summed E-state index contributed by atoms with van der Waals surface area (Å²) >= 11 is 0. The molecule has 0 spiro atoms. The van der Waals surface area contributed by atoms with Crippen molar-refractivity contribution in [1.29, 1.82) is 0 Å². The van der Waals surface area contributed by atoms with Crippen molar-refractivity contribution in [2.75, 3.05) is 20.2 Å². The minimum Gasteiger partial charge on any atom is -0.497 e. The van der Waals surface area contributed by atoms with Crippen LogP contribution in [0.15, 0.2) is 24.3 Å². The Morgan fingerprint density at radius 1 is 1.28 bits per heavy atom. The van der Waals surface area contributed by atoms with Gasteiger partial charge in [0.2, 0.25) is 0 Å². The third-order valence-electron chi connectivity index (χ3n) is 3.15. The highest BCUT2D eigenvalue weighted by Gasteiger charge is 2.20. The molecule has 1 saturated heterocycles. The second-order valence-electron chi connectivity index (χ2n) is 4.42. The number of Topliss-reactive ketones (excluding diaryl/α,β-unsaturated/α-hetero) is 1. The van der Waals surface area contributed by atoms with E-state index >= 15 is 0 Å². The fourth-order valence-corrected chi connectivity index (χ4v) is 2.11. The van der Waals surface area contributed by atoms with Gasteiger partial charge in [0.05, 0.1) is 7.11 Å². The fourth-order valence-electron chi connectivity index (χ4n) is 2.11. The summed E-state index contributed by atoms with van der Waals surface area (Å²) in [6.45, 7) is 1.18. The number of rotatable bonds is 2. The minimum absolute atomic E-state index is 0.0244. The summed E-state index contributed by atoms with van der Waals surface area (Å²) in [5, 5.41) is 0. The number of hydrogen-bond donors (Lipinski definition) is 0. The number of ether oxygens (including phenoxy) is 1. The van der Waals surface area contributed by atoms with Crippen LogP contribution in [0.4, 0.5) is 0 Å². The second kappa shape index (κ2) is 5.67. The number of benzene rings is 1. The molecule has 0 aliphatic carbocycles. The maximum atomic E-state index is 12.3. The van der Waals surface area contributed by atoms with Crippen LogP contribution in [-0.2, 0) is 4.79 Å². The number of likely N-dealkylation sites (tertiary alicyclic amines) is 1. The van der Waals surface area contributed by atoms with E-state index in [1.165, 1.54) is 0 Å². The van der Waals surface area contributed by atoms with Gasteiger partial charge in [-0.15, -0.1) is 0 Å². The molecule has 0 saturated carbocycles. The molecule has 0 radical (unpaired) electrons. The van der Waals surface area contributed by atoms with Crippen LogP contribution >= 0.6 is 0 Å². The van der Waals surface area contributed by atoms with Crippen molar-refractivity contribution in [3.63, 3.8) is 0 Å². The molecule has 1 aromatic rings. The molecule has 0 aromatic heterocycles. The first-order valence-electron chi connectivity index (χ1n) is 6.16. The summed E-state index contributed by atoms with van der Waals surface area (Å²) < 4.78 is 5.11. The first kappa shape index (κ1) is 12.6. The Morgan fingerprint density at radius 2 is 2.11 bits per heavy atom. The van der Waals surface area contributed by atoms with E-state index in [1.807, 2.05) is 6.07 Å². The van der Waals surface area contributed by atoms with Gasteiger partial charge in [-0.1, -0.05) is 6.07 Å². The lowest BCUT2D eigenvalue weighted by Crippen LogP contribution is -2.32. The SMILES string of the molecule is COc1cccc(C(=O)N2CCCC(=O)CC2)c1. The third kappa shape index (κ3) is 2.88. The lowest BCUT2D eigenvalue weighted by Gasteiger charge is -2.20. The van der Waals surface area contributed by atoms with Gasteiger partial charge in [-0.2, -0.15) is 0 Å². The number of carbonyl (C=O) groups excluding carboxylic acids is 2. The number of carbonyl (C=O) groups is 2.